The Bertz CT molecular complexity index is 424. The predicted molar refractivity (Wildman–Crippen MR) is 62.4 cm³/mol. The zero-order chi connectivity index (χ0) is 11.1. The Balaban J connectivity index is 1.84. The Morgan fingerprint density at radius 3 is 3.12 bits per heavy atom. The van der Waals surface area contributed by atoms with Gasteiger partial charge in [-0.1, -0.05) is 0 Å². The van der Waals surface area contributed by atoms with E-state index in [1.807, 2.05) is 13.0 Å². The zero-order valence-electron chi connectivity index (χ0n) is 9.73. The van der Waals surface area contributed by atoms with Gasteiger partial charge in [-0.3, -0.25) is 5.43 Å². The van der Waals surface area contributed by atoms with Crippen molar-refractivity contribution in [2.45, 2.75) is 19.4 Å². The molecule has 4 heteroatoms. The maximum Gasteiger partial charge on any atom is 0.128 e. The molecule has 4 nitrogen and oxygen atoms in total. The van der Waals surface area contributed by atoms with Crippen LogP contribution in [0.2, 0.25) is 0 Å². The van der Waals surface area contributed by atoms with Crippen molar-refractivity contribution >= 4 is 5.71 Å². The van der Waals surface area contributed by atoms with Crippen molar-refractivity contribution in [3.63, 3.8) is 0 Å². The average Bonchev–Trinajstić information content (AvgIpc) is 2.83. The number of likely N-dealkylation sites (tertiary alicyclic amines) is 1. The molecule has 0 amide bonds. The van der Waals surface area contributed by atoms with E-state index in [0.717, 1.165) is 31.0 Å². The number of hydrogen-bond acceptors (Lipinski definition) is 4. The Kier molecular flexibility index (Phi) is 2.24. The quantitative estimate of drug-likeness (QED) is 0.779. The van der Waals surface area contributed by atoms with E-state index in [0.29, 0.717) is 5.92 Å². The van der Waals surface area contributed by atoms with Gasteiger partial charge in [-0.15, -0.1) is 0 Å². The molecular weight excluding hydrogens is 202 g/mol. The molecule has 2 aliphatic rings. The van der Waals surface area contributed by atoms with Crippen LogP contribution in [0.3, 0.4) is 0 Å². The fraction of sp³-hybridized carbons (Fsp3) is 0.583. The zero-order valence-corrected chi connectivity index (χ0v) is 9.73. The lowest BCUT2D eigenvalue weighted by molar-refractivity contribution is 0.258. The summed E-state index contributed by atoms with van der Waals surface area (Å²) >= 11 is 0. The number of nitrogens with one attached hydrogen (secondary N) is 1. The molecule has 2 atom stereocenters. The summed E-state index contributed by atoms with van der Waals surface area (Å²) in [5.41, 5.74) is 4.52. The highest BCUT2D eigenvalue weighted by atomic mass is 16.3. The molecule has 16 heavy (non-hydrogen) atoms. The molecule has 1 fully saturated rings. The summed E-state index contributed by atoms with van der Waals surface area (Å²) in [5.74, 6) is 2.45. The van der Waals surface area contributed by atoms with Crippen molar-refractivity contribution in [2.24, 2.45) is 11.0 Å². The van der Waals surface area contributed by atoms with E-state index in [4.69, 9.17) is 4.42 Å². The fourth-order valence-electron chi connectivity index (χ4n) is 2.58. The van der Waals surface area contributed by atoms with Gasteiger partial charge in [-0.25, -0.2) is 0 Å². The summed E-state index contributed by atoms with van der Waals surface area (Å²) in [4.78, 5) is 2.36. The second-order valence-corrected chi connectivity index (χ2v) is 4.78. The minimum absolute atomic E-state index is 0.228. The van der Waals surface area contributed by atoms with Gasteiger partial charge in [0.05, 0.1) is 0 Å². The third-order valence-corrected chi connectivity index (χ3v) is 3.50. The van der Waals surface area contributed by atoms with E-state index < -0.39 is 0 Å². The second-order valence-electron chi connectivity index (χ2n) is 4.78. The van der Waals surface area contributed by atoms with Crippen LogP contribution >= 0.6 is 0 Å². The summed E-state index contributed by atoms with van der Waals surface area (Å²) < 4.78 is 5.70. The van der Waals surface area contributed by atoms with Crippen molar-refractivity contribution in [1.29, 1.82) is 0 Å². The lowest BCUT2D eigenvalue weighted by atomic mass is 9.89. The summed E-state index contributed by atoms with van der Waals surface area (Å²) in [6.45, 7) is 4.16. The molecule has 1 aromatic rings. The molecule has 1 N–H and O–H groups in total. The minimum Gasteiger partial charge on any atom is -0.464 e. The standard InChI is InChI=1S/C12H17N3O/c1-8-3-4-11(16-8)12-9-7-15(2)6-5-10(9)13-14-12/h3-4,9,12,14H,5-7H2,1-2H3. The van der Waals surface area contributed by atoms with Crippen LogP contribution in [0, 0.1) is 12.8 Å². The van der Waals surface area contributed by atoms with Crippen molar-refractivity contribution in [3.05, 3.63) is 23.7 Å². The molecule has 2 unspecified atom stereocenters. The molecule has 0 bridgehead atoms. The topological polar surface area (TPSA) is 40.8 Å². The third-order valence-electron chi connectivity index (χ3n) is 3.50. The summed E-state index contributed by atoms with van der Waals surface area (Å²) in [6, 6.07) is 4.30. The predicted octanol–water partition coefficient (Wildman–Crippen LogP) is 1.54. The van der Waals surface area contributed by atoms with Crippen molar-refractivity contribution in [2.75, 3.05) is 20.1 Å². The highest BCUT2D eigenvalue weighted by Crippen LogP contribution is 2.32. The van der Waals surface area contributed by atoms with E-state index in [-0.39, 0.29) is 6.04 Å². The molecule has 1 aromatic heterocycles. The molecule has 1 saturated heterocycles. The van der Waals surface area contributed by atoms with Crippen LogP contribution < -0.4 is 5.43 Å². The van der Waals surface area contributed by atoms with Gasteiger partial charge in [-0.05, 0) is 26.1 Å². The maximum atomic E-state index is 5.70. The van der Waals surface area contributed by atoms with Gasteiger partial charge in [0.2, 0.25) is 0 Å². The lowest BCUT2D eigenvalue weighted by Crippen LogP contribution is -2.39. The SMILES string of the molecule is Cc1ccc(C2NN=C3CCN(C)CC32)o1. The number of piperidine rings is 1. The van der Waals surface area contributed by atoms with Gasteiger partial charge in [0, 0.05) is 31.1 Å². The third kappa shape index (κ3) is 1.53. The first-order chi connectivity index (χ1) is 7.74. The van der Waals surface area contributed by atoms with E-state index in [9.17, 15) is 0 Å². The fourth-order valence-corrected chi connectivity index (χ4v) is 2.58. The van der Waals surface area contributed by atoms with Crippen molar-refractivity contribution in [3.8, 4) is 0 Å². The lowest BCUT2D eigenvalue weighted by Gasteiger charge is -2.29. The molecule has 2 aliphatic heterocycles. The number of fused-ring (bicyclic) bond motifs is 1. The normalized spacial score (nSPS) is 29.8. The number of hydrazone groups is 1. The highest BCUT2D eigenvalue weighted by molar-refractivity contribution is 5.89. The molecule has 0 radical (unpaired) electrons. The summed E-state index contributed by atoms with van der Waals surface area (Å²) in [7, 11) is 2.17. The van der Waals surface area contributed by atoms with E-state index in [2.05, 4.69) is 28.5 Å². The molecule has 3 heterocycles. The molecule has 0 aliphatic carbocycles. The number of rotatable bonds is 1. The summed E-state index contributed by atoms with van der Waals surface area (Å²) in [5, 5.41) is 4.44. The van der Waals surface area contributed by atoms with Crippen LogP contribution in [0.5, 0.6) is 0 Å². The van der Waals surface area contributed by atoms with Gasteiger partial charge < -0.3 is 9.32 Å². The van der Waals surface area contributed by atoms with Crippen LogP contribution in [0.4, 0.5) is 0 Å². The Hall–Kier alpha value is -1.29. The first-order valence-electron chi connectivity index (χ1n) is 5.81. The van der Waals surface area contributed by atoms with Gasteiger partial charge >= 0.3 is 0 Å². The number of nitrogens with zero attached hydrogens (tertiary/aromatic N) is 2. The van der Waals surface area contributed by atoms with Gasteiger partial charge in [0.15, 0.2) is 0 Å². The first kappa shape index (κ1) is 9.90. The Morgan fingerprint density at radius 1 is 1.50 bits per heavy atom. The monoisotopic (exact) mass is 219 g/mol. The number of aryl methyl sites for hydroxylation is 1. The van der Waals surface area contributed by atoms with E-state index in [1.165, 1.54) is 5.71 Å². The van der Waals surface area contributed by atoms with E-state index >= 15 is 0 Å². The van der Waals surface area contributed by atoms with Crippen molar-refractivity contribution < 1.29 is 4.42 Å². The van der Waals surface area contributed by atoms with Crippen LogP contribution in [0.25, 0.3) is 0 Å². The van der Waals surface area contributed by atoms with Gasteiger partial charge in [0.1, 0.15) is 17.6 Å². The maximum absolute atomic E-state index is 5.70. The average molecular weight is 219 g/mol. The second kappa shape index (κ2) is 3.63. The largest absolute Gasteiger partial charge is 0.464 e. The molecule has 0 aromatic carbocycles. The molecule has 3 rings (SSSR count). The molecule has 0 saturated carbocycles. The highest BCUT2D eigenvalue weighted by Gasteiger charge is 2.37. The Morgan fingerprint density at radius 2 is 2.38 bits per heavy atom. The molecule has 86 valence electrons. The first-order valence-corrected chi connectivity index (χ1v) is 5.81. The Labute approximate surface area is 95.3 Å². The van der Waals surface area contributed by atoms with Crippen molar-refractivity contribution in [1.82, 2.24) is 10.3 Å². The smallest absolute Gasteiger partial charge is 0.128 e. The van der Waals surface area contributed by atoms with E-state index in [1.54, 1.807) is 0 Å². The van der Waals surface area contributed by atoms with Crippen LogP contribution in [0.1, 0.15) is 24.0 Å². The molecular formula is C12H17N3O. The minimum atomic E-state index is 0.228. The van der Waals surface area contributed by atoms with Gasteiger partial charge in [0.25, 0.3) is 0 Å². The van der Waals surface area contributed by atoms with Crippen LogP contribution in [0.15, 0.2) is 21.7 Å². The number of furan rings is 1. The summed E-state index contributed by atoms with van der Waals surface area (Å²) in [6.07, 6.45) is 1.07. The van der Waals surface area contributed by atoms with Crippen LogP contribution in [-0.4, -0.2) is 30.7 Å². The molecule has 0 spiro atoms. The number of hydrogen-bond donors (Lipinski definition) is 1. The van der Waals surface area contributed by atoms with Crippen LogP contribution in [-0.2, 0) is 0 Å². The van der Waals surface area contributed by atoms with Gasteiger partial charge in [-0.2, -0.15) is 5.10 Å².